The Bertz CT molecular complexity index is 1420. The van der Waals surface area contributed by atoms with Crippen LogP contribution in [0.1, 0.15) is 4.88 Å². The summed E-state index contributed by atoms with van der Waals surface area (Å²) in [6, 6.07) is 21.6. The van der Waals surface area contributed by atoms with Gasteiger partial charge in [-0.05, 0) is 69.8 Å². The van der Waals surface area contributed by atoms with E-state index in [0.29, 0.717) is 9.35 Å². The molecule has 0 bridgehead atoms. The van der Waals surface area contributed by atoms with Crippen molar-refractivity contribution >= 4 is 44.2 Å². The summed E-state index contributed by atoms with van der Waals surface area (Å²) in [7, 11) is 0. The molecule has 4 aromatic rings. The summed E-state index contributed by atoms with van der Waals surface area (Å²) >= 11 is 6.39. The summed E-state index contributed by atoms with van der Waals surface area (Å²) in [5, 5.41) is 29.8. The number of halogens is 2. The summed E-state index contributed by atoms with van der Waals surface area (Å²) < 4.78 is 16.4. The lowest BCUT2D eigenvalue weighted by Gasteiger charge is -2.14. The van der Waals surface area contributed by atoms with Crippen molar-refractivity contribution in [2.75, 3.05) is 0 Å². The number of nitrogens with zero attached hydrogens (tertiary/aromatic N) is 4. The van der Waals surface area contributed by atoms with Crippen molar-refractivity contribution in [3.05, 3.63) is 80.7 Å². The Morgan fingerprint density at radius 1 is 0.903 bits per heavy atom. The number of thiophene rings is 2. The third-order valence-corrected chi connectivity index (χ3v) is 7.15. The van der Waals surface area contributed by atoms with Gasteiger partial charge in [-0.15, -0.1) is 22.7 Å². The first-order valence-electron chi connectivity index (χ1n) is 8.83. The van der Waals surface area contributed by atoms with Gasteiger partial charge in [0.05, 0.1) is 32.4 Å². The molecule has 1 aromatic carbocycles. The van der Waals surface area contributed by atoms with Crippen molar-refractivity contribution in [3.8, 4) is 45.0 Å². The second-order valence-corrected chi connectivity index (χ2v) is 9.15. The predicted octanol–water partition coefficient (Wildman–Crippen LogP) is 7.16. The molecule has 8 heteroatoms. The van der Waals surface area contributed by atoms with E-state index < -0.39 is 0 Å². The highest BCUT2D eigenvalue weighted by Gasteiger charge is 2.19. The fourth-order valence-corrected chi connectivity index (χ4v) is 5.44. The lowest BCUT2D eigenvalue weighted by molar-refractivity contribution is 0.626. The van der Waals surface area contributed by atoms with Crippen molar-refractivity contribution in [1.29, 1.82) is 15.8 Å². The lowest BCUT2D eigenvalue weighted by atomic mass is 10.1. The van der Waals surface area contributed by atoms with E-state index in [9.17, 15) is 9.65 Å². The first-order valence-corrected chi connectivity index (χ1v) is 11.3. The molecule has 3 heterocycles. The molecule has 4 rings (SSSR count). The highest BCUT2D eigenvalue weighted by atomic mass is 79.9. The van der Waals surface area contributed by atoms with Crippen LogP contribution in [0.4, 0.5) is 4.39 Å². The molecule has 4 nitrogen and oxygen atoms in total. The van der Waals surface area contributed by atoms with Gasteiger partial charge in [-0.3, -0.25) is 0 Å². The molecule has 0 saturated carbocycles. The minimum atomic E-state index is -0.343. The second kappa shape index (κ2) is 8.71. The Kier molecular flexibility index (Phi) is 5.84. The number of nitriles is 3. The minimum absolute atomic E-state index is 0.0563. The number of hydrogen-bond donors (Lipinski definition) is 0. The number of hydrogen-bond acceptors (Lipinski definition) is 5. The Labute approximate surface area is 194 Å². The molecule has 3 aromatic heterocycles. The molecule has 31 heavy (non-hydrogen) atoms. The quantitative estimate of drug-likeness (QED) is 0.276. The third kappa shape index (κ3) is 3.83. The molecular formula is C23H10BrFN4S2. The van der Waals surface area contributed by atoms with Gasteiger partial charge in [-0.2, -0.15) is 15.8 Å². The van der Waals surface area contributed by atoms with Gasteiger partial charge in [0.1, 0.15) is 29.6 Å². The fraction of sp³-hybridized carbons (Fsp3) is 0. The van der Waals surface area contributed by atoms with Crippen LogP contribution in [0.5, 0.6) is 0 Å². The lowest BCUT2D eigenvalue weighted by Crippen LogP contribution is -1.99. The van der Waals surface area contributed by atoms with E-state index in [2.05, 4.69) is 15.9 Å². The van der Waals surface area contributed by atoms with Gasteiger partial charge in [0, 0.05) is 9.35 Å². The van der Waals surface area contributed by atoms with Gasteiger partial charge in [0.15, 0.2) is 0 Å². The molecule has 0 aliphatic rings. The summed E-state index contributed by atoms with van der Waals surface area (Å²) in [6.07, 6.45) is 0. The van der Waals surface area contributed by atoms with Gasteiger partial charge in [-0.25, -0.2) is 4.39 Å². The molecule has 0 atom stereocenters. The van der Waals surface area contributed by atoms with Gasteiger partial charge in [0.25, 0.3) is 0 Å². The van der Waals surface area contributed by atoms with Crippen LogP contribution in [0.2, 0.25) is 0 Å². The van der Waals surface area contributed by atoms with Crippen molar-refractivity contribution in [2.24, 2.45) is 0 Å². The molecule has 0 radical (unpaired) electrons. The zero-order valence-electron chi connectivity index (χ0n) is 15.6. The van der Waals surface area contributed by atoms with Crippen molar-refractivity contribution in [1.82, 2.24) is 4.57 Å². The average molecular weight is 505 g/mol. The third-order valence-electron chi connectivity index (χ3n) is 4.50. The van der Waals surface area contributed by atoms with E-state index in [0.717, 1.165) is 26.8 Å². The topological polar surface area (TPSA) is 76.3 Å². The SMILES string of the molecule is N#CC(C#N)=C(C#N)c1ccc(-c2ccc(-c3cccs3)n2-c2ccc(F)cc2Br)s1. The van der Waals surface area contributed by atoms with Gasteiger partial charge in [-0.1, -0.05) is 6.07 Å². The van der Waals surface area contributed by atoms with E-state index in [4.69, 9.17) is 10.5 Å². The Morgan fingerprint density at radius 3 is 2.26 bits per heavy atom. The van der Waals surface area contributed by atoms with Crippen LogP contribution in [0.15, 0.2) is 70.0 Å². The highest BCUT2D eigenvalue weighted by Crippen LogP contribution is 2.40. The molecule has 0 aliphatic heterocycles. The summed E-state index contributed by atoms with van der Waals surface area (Å²) in [4.78, 5) is 2.43. The maximum absolute atomic E-state index is 13.7. The molecule has 0 unspecified atom stereocenters. The average Bonchev–Trinajstić information content (AvgIpc) is 3.51. The smallest absolute Gasteiger partial charge is 0.148 e. The molecule has 0 fully saturated rings. The molecule has 0 N–H and O–H groups in total. The Hall–Kier alpha value is -3.48. The van der Waals surface area contributed by atoms with Crippen LogP contribution in [-0.4, -0.2) is 4.57 Å². The van der Waals surface area contributed by atoms with Gasteiger partial charge in [0.2, 0.25) is 0 Å². The van der Waals surface area contributed by atoms with Crippen molar-refractivity contribution < 1.29 is 4.39 Å². The van der Waals surface area contributed by atoms with Crippen LogP contribution >= 0.6 is 38.6 Å². The van der Waals surface area contributed by atoms with Crippen LogP contribution in [-0.2, 0) is 0 Å². The first-order chi connectivity index (χ1) is 15.1. The largest absolute Gasteiger partial charge is 0.307 e. The number of allylic oxidation sites excluding steroid dienone is 2. The monoisotopic (exact) mass is 504 g/mol. The Morgan fingerprint density at radius 2 is 1.65 bits per heavy atom. The fourth-order valence-electron chi connectivity index (χ4n) is 3.15. The van der Waals surface area contributed by atoms with Crippen LogP contribution in [0, 0.1) is 39.8 Å². The number of rotatable bonds is 4. The molecular weight excluding hydrogens is 495 g/mol. The van der Waals surface area contributed by atoms with E-state index in [-0.39, 0.29) is 17.0 Å². The summed E-state index contributed by atoms with van der Waals surface area (Å²) in [5.74, 6) is -0.343. The van der Waals surface area contributed by atoms with Crippen LogP contribution in [0.25, 0.3) is 32.4 Å². The van der Waals surface area contributed by atoms with E-state index in [1.54, 1.807) is 35.6 Å². The minimum Gasteiger partial charge on any atom is -0.307 e. The maximum Gasteiger partial charge on any atom is 0.148 e. The standard InChI is InChI=1S/C23H10BrFN4S2/c24-17-10-15(25)3-4-18(17)29-19(22-2-1-9-30-22)5-6-20(29)23-8-7-21(31-23)16(13-28)14(11-26)12-27/h1-10H. The van der Waals surface area contributed by atoms with Crippen LogP contribution < -0.4 is 0 Å². The van der Waals surface area contributed by atoms with E-state index in [1.807, 2.05) is 46.3 Å². The molecule has 0 aliphatic carbocycles. The van der Waals surface area contributed by atoms with Crippen molar-refractivity contribution in [2.45, 2.75) is 0 Å². The Balaban J connectivity index is 1.93. The number of benzene rings is 1. The van der Waals surface area contributed by atoms with E-state index in [1.165, 1.54) is 23.5 Å². The maximum atomic E-state index is 13.7. The normalized spacial score (nSPS) is 10.2. The first kappa shape index (κ1) is 20.8. The number of aromatic nitrogens is 1. The van der Waals surface area contributed by atoms with E-state index >= 15 is 0 Å². The summed E-state index contributed by atoms with van der Waals surface area (Å²) in [6.45, 7) is 0. The van der Waals surface area contributed by atoms with Gasteiger partial charge >= 0.3 is 0 Å². The van der Waals surface area contributed by atoms with Gasteiger partial charge < -0.3 is 4.57 Å². The molecule has 0 spiro atoms. The zero-order chi connectivity index (χ0) is 22.0. The zero-order valence-corrected chi connectivity index (χ0v) is 18.9. The molecule has 0 saturated heterocycles. The summed E-state index contributed by atoms with van der Waals surface area (Å²) in [5.41, 5.74) is 2.40. The van der Waals surface area contributed by atoms with Crippen molar-refractivity contribution in [3.63, 3.8) is 0 Å². The molecule has 0 amide bonds. The molecule has 148 valence electrons. The second-order valence-electron chi connectivity index (χ2n) is 6.26. The highest BCUT2D eigenvalue weighted by molar-refractivity contribution is 9.10. The van der Waals surface area contributed by atoms with Crippen LogP contribution in [0.3, 0.4) is 0 Å². The predicted molar refractivity (Wildman–Crippen MR) is 124 cm³/mol.